The van der Waals surface area contributed by atoms with Crippen molar-refractivity contribution in [1.82, 2.24) is 9.38 Å². The van der Waals surface area contributed by atoms with Gasteiger partial charge in [0.15, 0.2) is 0 Å². The molecule has 0 bridgehead atoms. The van der Waals surface area contributed by atoms with Gasteiger partial charge in [-0.2, -0.15) is 0 Å². The van der Waals surface area contributed by atoms with Gasteiger partial charge in [-0.1, -0.05) is 66.7 Å². The SMILES string of the molecule is O=c1c2ccc(-c3ccccc3)c3cccc(c32)c2nc3ccccc3n12. The summed E-state index contributed by atoms with van der Waals surface area (Å²) in [6, 6.07) is 28.3. The largest absolute Gasteiger partial charge is 0.268 e. The summed E-state index contributed by atoms with van der Waals surface area (Å²) in [6.07, 6.45) is 0. The lowest BCUT2D eigenvalue weighted by Gasteiger charge is -2.11. The molecule has 4 aromatic carbocycles. The molecule has 0 N–H and O–H groups in total. The first-order valence-corrected chi connectivity index (χ1v) is 8.96. The second kappa shape index (κ2) is 5.15. The predicted molar refractivity (Wildman–Crippen MR) is 111 cm³/mol. The van der Waals surface area contributed by atoms with Gasteiger partial charge in [0.2, 0.25) is 0 Å². The number of pyridine rings is 1. The Morgan fingerprint density at radius 1 is 0.667 bits per heavy atom. The standard InChI is InChI=1S/C24H14N2O/c27-24-19-14-13-16(15-7-2-1-3-8-15)17-9-6-10-18(22(17)19)23-25-20-11-4-5-12-21(20)26(23)24/h1-14H. The van der Waals surface area contributed by atoms with Gasteiger partial charge in [0.25, 0.3) is 5.56 Å². The number of imidazole rings is 1. The van der Waals surface area contributed by atoms with Gasteiger partial charge in [-0.15, -0.1) is 0 Å². The summed E-state index contributed by atoms with van der Waals surface area (Å²) >= 11 is 0. The molecular weight excluding hydrogens is 332 g/mol. The number of aromatic nitrogens is 2. The van der Waals surface area contributed by atoms with Gasteiger partial charge in [0.05, 0.1) is 11.0 Å². The number of nitrogens with zero attached hydrogens (tertiary/aromatic N) is 2. The molecule has 0 spiro atoms. The van der Waals surface area contributed by atoms with Crippen molar-refractivity contribution in [3.8, 4) is 11.1 Å². The third kappa shape index (κ3) is 1.86. The van der Waals surface area contributed by atoms with Gasteiger partial charge in [-0.05, 0) is 34.7 Å². The molecule has 3 nitrogen and oxygen atoms in total. The quantitative estimate of drug-likeness (QED) is 0.407. The van der Waals surface area contributed by atoms with E-state index in [1.165, 1.54) is 0 Å². The normalized spacial score (nSPS) is 11.9. The second-order valence-corrected chi connectivity index (χ2v) is 6.82. The van der Waals surface area contributed by atoms with Crippen LogP contribution >= 0.6 is 0 Å². The van der Waals surface area contributed by atoms with Crippen molar-refractivity contribution < 1.29 is 0 Å². The number of hydrogen-bond acceptors (Lipinski definition) is 2. The molecule has 2 heterocycles. The molecule has 3 heteroatoms. The molecule has 0 aliphatic heterocycles. The Kier molecular flexibility index (Phi) is 2.75. The van der Waals surface area contributed by atoms with Crippen molar-refractivity contribution >= 4 is 38.2 Å². The minimum Gasteiger partial charge on any atom is -0.268 e. The van der Waals surface area contributed by atoms with Crippen molar-refractivity contribution in [2.45, 2.75) is 0 Å². The van der Waals surface area contributed by atoms with Crippen LogP contribution in [0.5, 0.6) is 0 Å². The van der Waals surface area contributed by atoms with Crippen molar-refractivity contribution in [3.05, 3.63) is 95.3 Å². The monoisotopic (exact) mass is 346 g/mol. The minimum atomic E-state index is -0.0120. The fraction of sp³-hybridized carbons (Fsp3) is 0. The fourth-order valence-electron chi connectivity index (χ4n) is 4.17. The molecule has 0 amide bonds. The highest BCUT2D eigenvalue weighted by Gasteiger charge is 2.17. The lowest BCUT2D eigenvalue weighted by molar-refractivity contribution is 1.19. The molecule has 0 radical (unpaired) electrons. The van der Waals surface area contributed by atoms with Crippen LogP contribution in [0.1, 0.15) is 0 Å². The van der Waals surface area contributed by atoms with Crippen LogP contribution < -0.4 is 5.56 Å². The molecule has 0 fully saturated rings. The van der Waals surface area contributed by atoms with Gasteiger partial charge < -0.3 is 0 Å². The predicted octanol–water partition coefficient (Wildman–Crippen LogP) is 5.26. The van der Waals surface area contributed by atoms with E-state index in [0.29, 0.717) is 0 Å². The number of benzene rings is 4. The summed E-state index contributed by atoms with van der Waals surface area (Å²) in [5, 5.41) is 3.82. The number of fused-ring (bicyclic) bond motifs is 4. The molecule has 6 rings (SSSR count). The Bertz CT molecular complexity index is 1530. The summed E-state index contributed by atoms with van der Waals surface area (Å²) in [7, 11) is 0. The van der Waals surface area contributed by atoms with Crippen LogP contribution in [-0.4, -0.2) is 9.38 Å². The van der Waals surface area contributed by atoms with Crippen molar-refractivity contribution in [2.75, 3.05) is 0 Å². The second-order valence-electron chi connectivity index (χ2n) is 6.82. The summed E-state index contributed by atoms with van der Waals surface area (Å²) in [6.45, 7) is 0. The first-order valence-electron chi connectivity index (χ1n) is 8.96. The molecule has 0 aliphatic carbocycles. The Balaban J connectivity index is 1.88. The third-order valence-electron chi connectivity index (χ3n) is 5.36. The van der Waals surface area contributed by atoms with Crippen LogP contribution in [0, 0.1) is 0 Å². The zero-order valence-corrected chi connectivity index (χ0v) is 14.4. The zero-order valence-electron chi connectivity index (χ0n) is 14.4. The Hall–Kier alpha value is -3.72. The van der Waals surface area contributed by atoms with Crippen molar-refractivity contribution in [1.29, 1.82) is 0 Å². The number of hydrogen-bond donors (Lipinski definition) is 0. The van der Waals surface area contributed by atoms with Crippen LogP contribution in [-0.2, 0) is 0 Å². The van der Waals surface area contributed by atoms with E-state index in [4.69, 9.17) is 4.98 Å². The van der Waals surface area contributed by atoms with Crippen LogP contribution in [0.2, 0.25) is 0 Å². The Morgan fingerprint density at radius 2 is 1.44 bits per heavy atom. The highest BCUT2D eigenvalue weighted by molar-refractivity contribution is 6.19. The van der Waals surface area contributed by atoms with Gasteiger partial charge in [-0.25, -0.2) is 4.98 Å². The van der Waals surface area contributed by atoms with Gasteiger partial charge >= 0.3 is 0 Å². The maximum absolute atomic E-state index is 13.3. The van der Waals surface area contributed by atoms with Gasteiger partial charge in [0, 0.05) is 16.2 Å². The molecule has 27 heavy (non-hydrogen) atoms. The highest BCUT2D eigenvalue weighted by atomic mass is 16.1. The Labute approximate surface area is 154 Å². The summed E-state index contributed by atoms with van der Waals surface area (Å²) in [5.74, 6) is 0. The first kappa shape index (κ1) is 14.4. The van der Waals surface area contributed by atoms with Crippen LogP contribution in [0.15, 0.2) is 89.7 Å². The molecule has 0 unspecified atom stereocenters. The van der Waals surface area contributed by atoms with E-state index < -0.39 is 0 Å². The fourth-order valence-corrected chi connectivity index (χ4v) is 4.17. The summed E-state index contributed by atoms with van der Waals surface area (Å²) < 4.78 is 1.74. The lowest BCUT2D eigenvalue weighted by atomic mass is 9.94. The smallest absolute Gasteiger partial charge is 0.264 e. The molecule has 0 aliphatic rings. The van der Waals surface area contributed by atoms with Crippen LogP contribution in [0.25, 0.3) is 49.4 Å². The summed E-state index contributed by atoms with van der Waals surface area (Å²) in [5.41, 5.74) is 4.69. The molecule has 0 saturated heterocycles. The molecule has 6 aromatic rings. The van der Waals surface area contributed by atoms with E-state index in [1.54, 1.807) is 4.40 Å². The average Bonchev–Trinajstić information content (AvgIpc) is 3.12. The number of para-hydroxylation sites is 2. The molecule has 2 aromatic heterocycles. The zero-order chi connectivity index (χ0) is 18.0. The van der Waals surface area contributed by atoms with E-state index in [1.807, 2.05) is 54.6 Å². The van der Waals surface area contributed by atoms with E-state index in [0.717, 1.165) is 49.4 Å². The topological polar surface area (TPSA) is 34.4 Å². The lowest BCUT2D eigenvalue weighted by Crippen LogP contribution is -2.13. The van der Waals surface area contributed by atoms with Gasteiger partial charge in [-0.3, -0.25) is 9.20 Å². The third-order valence-corrected chi connectivity index (χ3v) is 5.36. The maximum atomic E-state index is 13.3. The molecule has 0 atom stereocenters. The van der Waals surface area contributed by atoms with Crippen molar-refractivity contribution in [3.63, 3.8) is 0 Å². The van der Waals surface area contributed by atoms with Crippen LogP contribution in [0.3, 0.4) is 0 Å². The van der Waals surface area contributed by atoms with E-state index in [2.05, 4.69) is 30.3 Å². The number of rotatable bonds is 1. The first-order chi connectivity index (χ1) is 13.3. The molecule has 126 valence electrons. The minimum absolute atomic E-state index is 0.0120. The van der Waals surface area contributed by atoms with E-state index in [-0.39, 0.29) is 5.56 Å². The summed E-state index contributed by atoms with van der Waals surface area (Å²) in [4.78, 5) is 18.1. The maximum Gasteiger partial charge on any atom is 0.264 e. The average molecular weight is 346 g/mol. The van der Waals surface area contributed by atoms with E-state index >= 15 is 0 Å². The molecule has 0 saturated carbocycles. The van der Waals surface area contributed by atoms with E-state index in [9.17, 15) is 4.79 Å². The van der Waals surface area contributed by atoms with Crippen molar-refractivity contribution in [2.24, 2.45) is 0 Å². The van der Waals surface area contributed by atoms with Crippen LogP contribution in [0.4, 0.5) is 0 Å². The Morgan fingerprint density at radius 3 is 2.33 bits per heavy atom. The highest BCUT2D eigenvalue weighted by Crippen LogP contribution is 2.35. The molecular formula is C24H14N2O. The van der Waals surface area contributed by atoms with Gasteiger partial charge in [0.1, 0.15) is 5.65 Å².